The maximum absolute atomic E-state index is 13.9. The molecule has 0 fully saturated rings. The van der Waals surface area contributed by atoms with Crippen LogP contribution in [0.5, 0.6) is 0 Å². The summed E-state index contributed by atoms with van der Waals surface area (Å²) in [5.74, 6) is -0.853. The first-order chi connectivity index (χ1) is 12.4. The number of hydrogen-bond donors (Lipinski definition) is 1. The minimum Gasteiger partial charge on any atom is -0.354 e. The summed E-state index contributed by atoms with van der Waals surface area (Å²) < 4.78 is 15.6. The van der Waals surface area contributed by atoms with Crippen LogP contribution in [0.3, 0.4) is 0 Å². The van der Waals surface area contributed by atoms with Crippen molar-refractivity contribution in [3.8, 4) is 0 Å². The maximum atomic E-state index is 13.9. The van der Waals surface area contributed by atoms with E-state index in [1.54, 1.807) is 48.2 Å². The lowest BCUT2D eigenvalue weighted by molar-refractivity contribution is 0.0992. The van der Waals surface area contributed by atoms with Crippen LogP contribution in [0, 0.1) is 19.7 Å². The second kappa shape index (κ2) is 7.21. The van der Waals surface area contributed by atoms with Gasteiger partial charge in [-0.1, -0.05) is 18.2 Å². The third-order valence-electron chi connectivity index (χ3n) is 4.16. The lowest BCUT2D eigenvalue weighted by Gasteiger charge is -2.04. The number of nitrogens with one attached hydrogen (secondary N) is 1. The molecule has 0 saturated carbocycles. The molecule has 0 aliphatic heterocycles. The largest absolute Gasteiger partial charge is 0.354 e. The van der Waals surface area contributed by atoms with Crippen LogP contribution in [-0.2, 0) is 6.54 Å². The Labute approximate surface area is 153 Å². The standard InChI is InChI=1S/C19H18FN3O2S/c1-11-16(13(3)24)12(2)21-17(11)18(25)22-19-23(8-9-26-19)10-14-6-4-5-7-15(14)20/h4-9,21H,10H2,1-3H3. The fourth-order valence-corrected chi connectivity index (χ4v) is 3.68. The molecule has 2 heterocycles. The van der Waals surface area contributed by atoms with Crippen molar-refractivity contribution in [1.29, 1.82) is 0 Å². The average Bonchev–Trinajstić information content (AvgIpc) is 3.13. The summed E-state index contributed by atoms with van der Waals surface area (Å²) in [6, 6.07) is 6.50. The molecule has 0 spiro atoms. The van der Waals surface area contributed by atoms with E-state index in [2.05, 4.69) is 9.98 Å². The minimum atomic E-state index is -0.456. The zero-order chi connectivity index (χ0) is 18.8. The van der Waals surface area contributed by atoms with Crippen LogP contribution < -0.4 is 4.80 Å². The summed E-state index contributed by atoms with van der Waals surface area (Å²) in [4.78, 5) is 31.9. The first kappa shape index (κ1) is 18.0. The van der Waals surface area contributed by atoms with Crippen molar-refractivity contribution in [3.05, 3.63) is 74.5 Å². The number of aromatic nitrogens is 2. The number of nitrogens with zero attached hydrogens (tertiary/aromatic N) is 2. The van der Waals surface area contributed by atoms with Gasteiger partial charge in [0.05, 0.1) is 6.54 Å². The number of aryl methyl sites for hydroxylation is 1. The van der Waals surface area contributed by atoms with Gasteiger partial charge < -0.3 is 9.55 Å². The monoisotopic (exact) mass is 371 g/mol. The molecule has 0 unspecified atom stereocenters. The van der Waals surface area contributed by atoms with Crippen molar-refractivity contribution in [2.45, 2.75) is 27.3 Å². The summed E-state index contributed by atoms with van der Waals surface area (Å²) in [6.45, 7) is 5.23. The molecule has 2 aromatic heterocycles. The maximum Gasteiger partial charge on any atom is 0.296 e. The molecule has 3 aromatic rings. The number of Topliss-reactive ketones (excluding diaryl/α,β-unsaturated/α-hetero) is 1. The predicted molar refractivity (Wildman–Crippen MR) is 98.0 cm³/mol. The molecule has 0 atom stereocenters. The molecular weight excluding hydrogens is 353 g/mol. The molecule has 26 heavy (non-hydrogen) atoms. The van der Waals surface area contributed by atoms with E-state index in [9.17, 15) is 14.0 Å². The van der Waals surface area contributed by atoms with Gasteiger partial charge >= 0.3 is 0 Å². The molecule has 3 rings (SSSR count). The fraction of sp³-hybridized carbons (Fsp3) is 0.211. The number of aromatic amines is 1. The van der Waals surface area contributed by atoms with Gasteiger partial charge in [-0.05, 0) is 32.4 Å². The number of benzene rings is 1. The van der Waals surface area contributed by atoms with Crippen LogP contribution in [-0.4, -0.2) is 21.2 Å². The van der Waals surface area contributed by atoms with E-state index in [-0.39, 0.29) is 18.1 Å². The number of ketones is 1. The quantitative estimate of drug-likeness (QED) is 0.712. The van der Waals surface area contributed by atoms with E-state index in [1.807, 2.05) is 0 Å². The number of H-pyrrole nitrogens is 1. The Morgan fingerprint density at radius 2 is 2.00 bits per heavy atom. The number of rotatable bonds is 4. The van der Waals surface area contributed by atoms with Gasteiger partial charge in [-0.3, -0.25) is 9.59 Å². The van der Waals surface area contributed by atoms with E-state index in [4.69, 9.17) is 0 Å². The van der Waals surface area contributed by atoms with Crippen LogP contribution in [0.2, 0.25) is 0 Å². The van der Waals surface area contributed by atoms with Crippen LogP contribution in [0.4, 0.5) is 4.39 Å². The smallest absolute Gasteiger partial charge is 0.296 e. The molecule has 1 amide bonds. The van der Waals surface area contributed by atoms with Gasteiger partial charge in [-0.2, -0.15) is 4.99 Å². The van der Waals surface area contributed by atoms with E-state index in [0.29, 0.717) is 32.9 Å². The van der Waals surface area contributed by atoms with Crippen molar-refractivity contribution in [1.82, 2.24) is 9.55 Å². The molecule has 1 aromatic carbocycles. The fourth-order valence-electron chi connectivity index (χ4n) is 2.95. The Bertz CT molecular complexity index is 1060. The van der Waals surface area contributed by atoms with Gasteiger partial charge in [-0.25, -0.2) is 4.39 Å². The van der Waals surface area contributed by atoms with Crippen molar-refractivity contribution < 1.29 is 14.0 Å². The van der Waals surface area contributed by atoms with E-state index in [0.717, 1.165) is 0 Å². The van der Waals surface area contributed by atoms with Crippen molar-refractivity contribution in [3.63, 3.8) is 0 Å². The molecule has 0 aliphatic rings. The zero-order valence-electron chi connectivity index (χ0n) is 14.7. The van der Waals surface area contributed by atoms with Crippen molar-refractivity contribution in [2.75, 3.05) is 0 Å². The SMILES string of the molecule is CC(=O)c1c(C)[nH]c(C(=O)N=c2sccn2Cc2ccccc2F)c1C. The van der Waals surface area contributed by atoms with Crippen LogP contribution in [0.15, 0.2) is 40.8 Å². The van der Waals surface area contributed by atoms with Crippen LogP contribution in [0.1, 0.15) is 44.6 Å². The van der Waals surface area contributed by atoms with Crippen LogP contribution >= 0.6 is 11.3 Å². The number of thiazole rings is 1. The molecule has 0 bridgehead atoms. The Balaban J connectivity index is 1.96. The topological polar surface area (TPSA) is 67.2 Å². The van der Waals surface area contributed by atoms with Crippen LogP contribution in [0.25, 0.3) is 0 Å². The van der Waals surface area contributed by atoms with Gasteiger partial charge in [-0.15, -0.1) is 11.3 Å². The predicted octanol–water partition coefficient (Wildman–Crippen LogP) is 3.63. The third-order valence-corrected chi connectivity index (χ3v) is 4.95. The zero-order valence-corrected chi connectivity index (χ0v) is 15.5. The molecule has 5 nitrogen and oxygen atoms in total. The highest BCUT2D eigenvalue weighted by molar-refractivity contribution is 7.07. The van der Waals surface area contributed by atoms with Gasteiger partial charge in [0.2, 0.25) is 0 Å². The highest BCUT2D eigenvalue weighted by atomic mass is 32.1. The van der Waals surface area contributed by atoms with E-state index in [1.165, 1.54) is 24.3 Å². The van der Waals surface area contributed by atoms with Gasteiger partial charge in [0, 0.05) is 28.4 Å². The summed E-state index contributed by atoms with van der Waals surface area (Å²) in [6.07, 6.45) is 1.76. The molecular formula is C19H18FN3O2S. The van der Waals surface area contributed by atoms with E-state index >= 15 is 0 Å². The summed E-state index contributed by atoms with van der Waals surface area (Å²) in [7, 11) is 0. The van der Waals surface area contributed by atoms with E-state index < -0.39 is 5.91 Å². The van der Waals surface area contributed by atoms with Gasteiger partial charge in [0.1, 0.15) is 11.5 Å². The summed E-state index contributed by atoms with van der Waals surface area (Å²) in [5, 5.41) is 1.79. The molecule has 1 N–H and O–H groups in total. The Hall–Kier alpha value is -2.80. The number of carbonyl (C=O) groups excluding carboxylic acids is 2. The third kappa shape index (κ3) is 3.43. The summed E-state index contributed by atoms with van der Waals surface area (Å²) >= 11 is 1.29. The Morgan fingerprint density at radius 1 is 1.27 bits per heavy atom. The molecule has 0 saturated heterocycles. The van der Waals surface area contributed by atoms with Crippen molar-refractivity contribution >= 4 is 23.0 Å². The highest BCUT2D eigenvalue weighted by Gasteiger charge is 2.19. The first-order valence-corrected chi connectivity index (χ1v) is 8.93. The number of carbonyl (C=O) groups is 2. The molecule has 134 valence electrons. The second-order valence-electron chi connectivity index (χ2n) is 6.00. The first-order valence-electron chi connectivity index (χ1n) is 8.05. The Morgan fingerprint density at radius 3 is 2.65 bits per heavy atom. The summed E-state index contributed by atoms with van der Waals surface area (Å²) in [5.41, 5.74) is 2.60. The minimum absolute atomic E-state index is 0.0963. The van der Waals surface area contributed by atoms with Crippen molar-refractivity contribution in [2.24, 2.45) is 4.99 Å². The van der Waals surface area contributed by atoms with Gasteiger partial charge in [0.25, 0.3) is 5.91 Å². The molecule has 0 aliphatic carbocycles. The normalized spacial score (nSPS) is 11.8. The molecule has 0 radical (unpaired) electrons. The lowest BCUT2D eigenvalue weighted by Crippen LogP contribution is -2.18. The number of amides is 1. The highest BCUT2D eigenvalue weighted by Crippen LogP contribution is 2.19. The van der Waals surface area contributed by atoms with Gasteiger partial charge in [0.15, 0.2) is 10.6 Å². The Kier molecular flexibility index (Phi) is 4.99. The second-order valence-corrected chi connectivity index (χ2v) is 6.88. The average molecular weight is 371 g/mol. The number of hydrogen-bond acceptors (Lipinski definition) is 3. The molecule has 7 heteroatoms. The number of halogens is 1. The lowest BCUT2D eigenvalue weighted by atomic mass is 10.1.